The Hall–Kier alpha value is -1.59. The van der Waals surface area contributed by atoms with E-state index in [0.29, 0.717) is 17.9 Å². The van der Waals surface area contributed by atoms with E-state index in [2.05, 4.69) is 31.7 Å². The quantitative estimate of drug-likeness (QED) is 0.826. The van der Waals surface area contributed by atoms with E-state index in [1.54, 1.807) is 0 Å². The molecule has 0 bridgehead atoms. The van der Waals surface area contributed by atoms with E-state index in [1.165, 1.54) is 0 Å². The highest BCUT2D eigenvalue weighted by molar-refractivity contribution is 5.98. The number of hydrogen-bond acceptors (Lipinski definition) is 4. The Morgan fingerprint density at radius 1 is 1.12 bits per heavy atom. The Kier molecular flexibility index (Phi) is 4.46. The van der Waals surface area contributed by atoms with Crippen molar-refractivity contribution < 1.29 is 14.3 Å². The van der Waals surface area contributed by atoms with Gasteiger partial charge >= 0.3 is 0 Å². The summed E-state index contributed by atoms with van der Waals surface area (Å²) in [6.45, 7) is 11.6. The minimum Gasteiger partial charge on any atom is -0.489 e. The summed E-state index contributed by atoms with van der Waals surface area (Å²) < 4.78 is 11.5. The number of ether oxygens (including phenoxy) is 2. The van der Waals surface area contributed by atoms with Crippen molar-refractivity contribution >= 4 is 5.91 Å². The number of likely N-dealkylation sites (tertiary alicyclic amines) is 1. The van der Waals surface area contributed by atoms with Crippen LogP contribution in [0.15, 0.2) is 18.2 Å². The molecule has 1 aromatic carbocycles. The van der Waals surface area contributed by atoms with E-state index in [-0.39, 0.29) is 12.0 Å². The van der Waals surface area contributed by atoms with Gasteiger partial charge in [0.1, 0.15) is 11.9 Å². The molecule has 1 aromatic rings. The lowest BCUT2D eigenvalue weighted by molar-refractivity contribution is 0.0119. The second-order valence-corrected chi connectivity index (χ2v) is 7.74. The molecule has 2 saturated heterocycles. The summed E-state index contributed by atoms with van der Waals surface area (Å²) in [6.07, 6.45) is 0.127. The van der Waals surface area contributed by atoms with E-state index in [1.807, 2.05) is 17.0 Å². The third kappa shape index (κ3) is 2.93. The molecule has 25 heavy (non-hydrogen) atoms. The van der Waals surface area contributed by atoms with Crippen LogP contribution in [-0.4, -0.2) is 67.2 Å². The smallest absolute Gasteiger partial charge is 0.257 e. The SMILES string of the molecule is C[C@@H]1CN(C(=O)c2cccc3c2O[C@H](C)[C@@H]3C)C[C@@H]1N1CCOCC1. The summed E-state index contributed by atoms with van der Waals surface area (Å²) in [7, 11) is 0. The van der Waals surface area contributed by atoms with Crippen molar-refractivity contribution in [2.75, 3.05) is 39.4 Å². The van der Waals surface area contributed by atoms with Crippen LogP contribution in [0.3, 0.4) is 0 Å². The predicted octanol–water partition coefficient (Wildman–Crippen LogP) is 2.36. The third-order valence-corrected chi connectivity index (χ3v) is 6.15. The number of amides is 1. The molecular formula is C20H28N2O3. The Morgan fingerprint density at radius 2 is 1.88 bits per heavy atom. The normalized spacial score (nSPS) is 32.5. The van der Waals surface area contributed by atoms with Gasteiger partial charge in [-0.15, -0.1) is 0 Å². The summed E-state index contributed by atoms with van der Waals surface area (Å²) >= 11 is 0. The lowest BCUT2D eigenvalue weighted by atomic mass is 9.96. The van der Waals surface area contributed by atoms with Gasteiger partial charge < -0.3 is 14.4 Å². The van der Waals surface area contributed by atoms with Crippen LogP contribution in [0.2, 0.25) is 0 Å². The summed E-state index contributed by atoms with van der Waals surface area (Å²) in [5, 5.41) is 0. The van der Waals surface area contributed by atoms with Crippen molar-refractivity contribution in [2.45, 2.75) is 38.8 Å². The van der Waals surface area contributed by atoms with Crippen molar-refractivity contribution in [3.05, 3.63) is 29.3 Å². The molecule has 136 valence electrons. The van der Waals surface area contributed by atoms with E-state index in [0.717, 1.165) is 56.3 Å². The topological polar surface area (TPSA) is 42.0 Å². The Bertz CT molecular complexity index is 656. The van der Waals surface area contributed by atoms with Crippen LogP contribution < -0.4 is 4.74 Å². The molecule has 0 unspecified atom stereocenters. The molecule has 3 heterocycles. The van der Waals surface area contributed by atoms with Crippen LogP contribution in [0.4, 0.5) is 0 Å². The first-order valence-corrected chi connectivity index (χ1v) is 9.47. The fourth-order valence-electron chi connectivity index (χ4n) is 4.42. The molecule has 0 N–H and O–H groups in total. The number of para-hydroxylation sites is 1. The molecule has 5 nitrogen and oxygen atoms in total. The van der Waals surface area contributed by atoms with Gasteiger partial charge in [0, 0.05) is 43.7 Å². The molecular weight excluding hydrogens is 316 g/mol. The standard InChI is InChI=1S/C20H28N2O3/c1-13-11-22(12-18(13)21-7-9-24-10-8-21)20(23)17-6-4-5-16-14(2)15(3)25-19(16)17/h4-6,13-15,18H,7-12H2,1-3H3/t13-,14+,15-,18+/m1/s1. The molecule has 4 atom stereocenters. The van der Waals surface area contributed by atoms with Crippen molar-refractivity contribution in [3.63, 3.8) is 0 Å². The first-order chi connectivity index (χ1) is 12.1. The largest absolute Gasteiger partial charge is 0.489 e. The van der Waals surface area contributed by atoms with Gasteiger partial charge in [-0.25, -0.2) is 0 Å². The highest BCUT2D eigenvalue weighted by Gasteiger charge is 2.39. The van der Waals surface area contributed by atoms with E-state index >= 15 is 0 Å². The summed E-state index contributed by atoms with van der Waals surface area (Å²) in [5.74, 6) is 1.73. The Morgan fingerprint density at radius 3 is 2.64 bits per heavy atom. The average molecular weight is 344 g/mol. The summed E-state index contributed by atoms with van der Waals surface area (Å²) in [6, 6.07) is 6.42. The van der Waals surface area contributed by atoms with Crippen LogP contribution in [-0.2, 0) is 4.74 Å². The molecule has 0 aliphatic carbocycles. The zero-order valence-corrected chi connectivity index (χ0v) is 15.4. The van der Waals surface area contributed by atoms with Crippen molar-refractivity contribution in [1.29, 1.82) is 0 Å². The molecule has 0 spiro atoms. The van der Waals surface area contributed by atoms with Gasteiger partial charge in [0.25, 0.3) is 5.91 Å². The number of rotatable bonds is 2. The predicted molar refractivity (Wildman–Crippen MR) is 96.2 cm³/mol. The maximum absolute atomic E-state index is 13.2. The minimum absolute atomic E-state index is 0.112. The van der Waals surface area contributed by atoms with Gasteiger partial charge in [-0.05, 0) is 18.9 Å². The van der Waals surface area contributed by atoms with Crippen molar-refractivity contribution in [1.82, 2.24) is 9.80 Å². The Labute approximate surface area is 149 Å². The molecule has 1 amide bonds. The number of benzene rings is 1. The van der Waals surface area contributed by atoms with Crippen molar-refractivity contribution in [3.8, 4) is 5.75 Å². The van der Waals surface area contributed by atoms with Crippen LogP contribution in [0.25, 0.3) is 0 Å². The lowest BCUT2D eigenvalue weighted by Crippen LogP contribution is -2.47. The maximum Gasteiger partial charge on any atom is 0.257 e. The Balaban J connectivity index is 1.53. The molecule has 5 heteroatoms. The molecule has 0 aromatic heterocycles. The molecule has 0 radical (unpaired) electrons. The van der Waals surface area contributed by atoms with E-state index in [4.69, 9.17) is 9.47 Å². The number of morpholine rings is 1. The minimum atomic E-state index is 0.112. The number of hydrogen-bond donors (Lipinski definition) is 0. The van der Waals surface area contributed by atoms with Gasteiger partial charge in [0.15, 0.2) is 0 Å². The maximum atomic E-state index is 13.2. The fraction of sp³-hybridized carbons (Fsp3) is 0.650. The van der Waals surface area contributed by atoms with Gasteiger partial charge in [0.05, 0.1) is 18.8 Å². The first-order valence-electron chi connectivity index (χ1n) is 9.47. The molecule has 2 fully saturated rings. The highest BCUT2D eigenvalue weighted by atomic mass is 16.5. The van der Waals surface area contributed by atoms with Gasteiger partial charge in [-0.1, -0.05) is 26.0 Å². The molecule has 4 rings (SSSR count). The van der Waals surface area contributed by atoms with Gasteiger partial charge in [0.2, 0.25) is 0 Å². The summed E-state index contributed by atoms with van der Waals surface area (Å²) in [4.78, 5) is 17.7. The van der Waals surface area contributed by atoms with E-state index in [9.17, 15) is 4.79 Å². The van der Waals surface area contributed by atoms with Crippen LogP contribution >= 0.6 is 0 Å². The third-order valence-electron chi connectivity index (χ3n) is 6.15. The summed E-state index contributed by atoms with van der Waals surface area (Å²) in [5.41, 5.74) is 1.89. The van der Waals surface area contributed by atoms with Crippen molar-refractivity contribution in [2.24, 2.45) is 5.92 Å². The lowest BCUT2D eigenvalue weighted by Gasteiger charge is -2.34. The van der Waals surface area contributed by atoms with Crippen LogP contribution in [0.5, 0.6) is 5.75 Å². The second-order valence-electron chi connectivity index (χ2n) is 7.74. The molecule has 0 saturated carbocycles. The fourth-order valence-corrected chi connectivity index (χ4v) is 4.42. The van der Waals surface area contributed by atoms with E-state index < -0.39 is 0 Å². The molecule has 3 aliphatic rings. The molecule has 3 aliphatic heterocycles. The second kappa shape index (κ2) is 6.61. The number of carbonyl (C=O) groups is 1. The highest BCUT2D eigenvalue weighted by Crippen LogP contribution is 2.41. The van der Waals surface area contributed by atoms with Gasteiger partial charge in [-0.2, -0.15) is 0 Å². The average Bonchev–Trinajstić information content (AvgIpc) is 3.16. The number of fused-ring (bicyclic) bond motifs is 1. The monoisotopic (exact) mass is 344 g/mol. The van der Waals surface area contributed by atoms with Gasteiger partial charge in [-0.3, -0.25) is 9.69 Å². The zero-order valence-electron chi connectivity index (χ0n) is 15.4. The number of nitrogens with zero attached hydrogens (tertiary/aromatic N) is 2. The van der Waals surface area contributed by atoms with Crippen LogP contribution in [0.1, 0.15) is 42.6 Å². The zero-order chi connectivity index (χ0) is 17.6. The van der Waals surface area contributed by atoms with Crippen LogP contribution in [0, 0.1) is 5.92 Å². The first kappa shape index (κ1) is 16.9. The number of carbonyl (C=O) groups excluding carboxylic acids is 1.